The predicted molar refractivity (Wildman–Crippen MR) is 48.0 cm³/mol. The molecular weight excluding hydrogens is 156 g/mol. The Kier molecular flexibility index (Phi) is 8.05. The zero-order valence-electron chi connectivity index (χ0n) is 7.85. The van der Waals surface area contributed by atoms with Gasteiger partial charge in [-0.15, -0.1) is 0 Å². The van der Waals surface area contributed by atoms with Crippen molar-refractivity contribution in [2.24, 2.45) is 0 Å². The van der Waals surface area contributed by atoms with Crippen LogP contribution in [0.4, 0.5) is 0 Å². The lowest BCUT2D eigenvalue weighted by atomic mass is 10.4. The second-order valence-electron chi connectivity index (χ2n) is 2.52. The van der Waals surface area contributed by atoms with Crippen LogP contribution in [0.2, 0.25) is 0 Å². The summed E-state index contributed by atoms with van der Waals surface area (Å²) in [5.41, 5.74) is 0. The maximum absolute atomic E-state index is 11.0. The number of carbonyl (C=O) groups excluding carboxylic acids is 1. The molecule has 72 valence electrons. The quantitative estimate of drug-likeness (QED) is 0.523. The van der Waals surface area contributed by atoms with E-state index in [4.69, 9.17) is 4.74 Å². The van der Waals surface area contributed by atoms with Gasteiger partial charge in [-0.05, 0) is 6.42 Å². The highest BCUT2D eigenvalue weighted by Crippen LogP contribution is 1.71. The third-order valence-electron chi connectivity index (χ3n) is 1.34. The van der Waals surface area contributed by atoms with E-state index in [0.717, 1.165) is 19.5 Å². The number of ether oxygens (including phenoxy) is 1. The highest BCUT2D eigenvalue weighted by molar-refractivity contribution is 5.77. The Morgan fingerprint density at radius 2 is 2.17 bits per heavy atom. The second-order valence-corrected chi connectivity index (χ2v) is 2.52. The first-order chi connectivity index (χ1) is 5.81. The minimum absolute atomic E-state index is 0.0490. The highest BCUT2D eigenvalue weighted by atomic mass is 16.5. The van der Waals surface area contributed by atoms with Crippen LogP contribution in [0, 0.1) is 0 Å². The minimum atomic E-state index is 0.0490. The molecular formula is C8H18N2O2. The molecule has 0 aromatic carbocycles. The molecule has 0 radical (unpaired) electrons. The van der Waals surface area contributed by atoms with Crippen LogP contribution in [0.1, 0.15) is 13.3 Å². The Morgan fingerprint density at radius 3 is 2.75 bits per heavy atom. The predicted octanol–water partition coefficient (Wildman–Crippen LogP) is -0.251. The Morgan fingerprint density at radius 1 is 1.42 bits per heavy atom. The zero-order chi connectivity index (χ0) is 9.23. The molecule has 0 spiro atoms. The largest absolute Gasteiger partial charge is 0.383 e. The van der Waals surface area contributed by atoms with Gasteiger partial charge in [0.05, 0.1) is 13.2 Å². The van der Waals surface area contributed by atoms with Gasteiger partial charge in [-0.1, -0.05) is 6.92 Å². The Labute approximate surface area is 73.7 Å². The van der Waals surface area contributed by atoms with Crippen molar-refractivity contribution in [2.45, 2.75) is 13.3 Å². The Bertz CT molecular complexity index is 118. The normalized spacial score (nSPS) is 9.83. The molecule has 0 rings (SSSR count). The van der Waals surface area contributed by atoms with E-state index in [1.807, 2.05) is 6.92 Å². The number of carbonyl (C=O) groups is 1. The van der Waals surface area contributed by atoms with E-state index >= 15 is 0 Å². The molecule has 0 aromatic heterocycles. The summed E-state index contributed by atoms with van der Waals surface area (Å²) in [7, 11) is 1.64. The Balaban J connectivity index is 3.08. The smallest absolute Gasteiger partial charge is 0.233 e. The summed E-state index contributed by atoms with van der Waals surface area (Å²) in [4.78, 5) is 11.0. The van der Waals surface area contributed by atoms with Crippen molar-refractivity contribution >= 4 is 5.91 Å². The molecule has 0 unspecified atom stereocenters. The average Bonchev–Trinajstić information content (AvgIpc) is 2.09. The molecule has 0 heterocycles. The van der Waals surface area contributed by atoms with Crippen LogP contribution < -0.4 is 10.6 Å². The first-order valence-corrected chi connectivity index (χ1v) is 4.27. The molecule has 0 saturated heterocycles. The fourth-order valence-corrected chi connectivity index (χ4v) is 0.703. The van der Waals surface area contributed by atoms with Gasteiger partial charge in [0.1, 0.15) is 0 Å². The maximum atomic E-state index is 11.0. The number of rotatable bonds is 7. The summed E-state index contributed by atoms with van der Waals surface area (Å²) in [5, 5.41) is 5.72. The molecule has 2 N–H and O–H groups in total. The van der Waals surface area contributed by atoms with Crippen molar-refractivity contribution in [3.05, 3.63) is 0 Å². The van der Waals surface area contributed by atoms with Crippen molar-refractivity contribution in [1.29, 1.82) is 0 Å². The minimum Gasteiger partial charge on any atom is -0.383 e. The monoisotopic (exact) mass is 174 g/mol. The highest BCUT2D eigenvalue weighted by Gasteiger charge is 1.96. The van der Waals surface area contributed by atoms with Gasteiger partial charge in [0.25, 0.3) is 0 Å². The van der Waals surface area contributed by atoms with E-state index in [9.17, 15) is 4.79 Å². The number of hydrogen-bond donors (Lipinski definition) is 2. The first-order valence-electron chi connectivity index (χ1n) is 4.27. The van der Waals surface area contributed by atoms with Gasteiger partial charge < -0.3 is 15.4 Å². The SMILES string of the molecule is CCCNC(=O)CNCCOC. The molecule has 12 heavy (non-hydrogen) atoms. The van der Waals surface area contributed by atoms with E-state index in [2.05, 4.69) is 10.6 Å². The van der Waals surface area contributed by atoms with Gasteiger partial charge >= 0.3 is 0 Å². The third kappa shape index (κ3) is 7.50. The number of amides is 1. The van der Waals surface area contributed by atoms with Crippen LogP contribution >= 0.6 is 0 Å². The molecule has 0 aliphatic rings. The average molecular weight is 174 g/mol. The number of nitrogens with one attached hydrogen (secondary N) is 2. The van der Waals surface area contributed by atoms with Gasteiger partial charge in [0, 0.05) is 20.2 Å². The topological polar surface area (TPSA) is 50.4 Å². The Hall–Kier alpha value is -0.610. The summed E-state index contributed by atoms with van der Waals surface area (Å²) in [5.74, 6) is 0.0490. The summed E-state index contributed by atoms with van der Waals surface area (Å²) in [6, 6.07) is 0. The van der Waals surface area contributed by atoms with Crippen LogP contribution in [0.3, 0.4) is 0 Å². The van der Waals surface area contributed by atoms with E-state index in [1.165, 1.54) is 0 Å². The lowest BCUT2D eigenvalue weighted by molar-refractivity contribution is -0.120. The molecule has 0 aliphatic carbocycles. The molecule has 0 aliphatic heterocycles. The fourth-order valence-electron chi connectivity index (χ4n) is 0.703. The van der Waals surface area contributed by atoms with Crippen molar-refractivity contribution in [3.8, 4) is 0 Å². The third-order valence-corrected chi connectivity index (χ3v) is 1.34. The lowest BCUT2D eigenvalue weighted by Crippen LogP contribution is -2.35. The molecule has 0 atom stereocenters. The van der Waals surface area contributed by atoms with Gasteiger partial charge in [0.2, 0.25) is 5.91 Å². The summed E-state index contributed by atoms with van der Waals surface area (Å²) in [6.45, 7) is 4.52. The summed E-state index contributed by atoms with van der Waals surface area (Å²) >= 11 is 0. The van der Waals surface area contributed by atoms with Crippen molar-refractivity contribution < 1.29 is 9.53 Å². The number of methoxy groups -OCH3 is 1. The summed E-state index contributed by atoms with van der Waals surface area (Å²) < 4.78 is 4.81. The van der Waals surface area contributed by atoms with Crippen LogP contribution in [0.25, 0.3) is 0 Å². The van der Waals surface area contributed by atoms with Crippen molar-refractivity contribution in [3.63, 3.8) is 0 Å². The van der Waals surface area contributed by atoms with Crippen LogP contribution in [0.5, 0.6) is 0 Å². The summed E-state index contributed by atoms with van der Waals surface area (Å²) in [6.07, 6.45) is 0.976. The van der Waals surface area contributed by atoms with E-state index in [0.29, 0.717) is 13.2 Å². The molecule has 0 aromatic rings. The molecule has 0 fully saturated rings. The van der Waals surface area contributed by atoms with E-state index < -0.39 is 0 Å². The maximum Gasteiger partial charge on any atom is 0.233 e. The molecule has 4 nitrogen and oxygen atoms in total. The zero-order valence-corrected chi connectivity index (χ0v) is 7.85. The van der Waals surface area contributed by atoms with E-state index in [-0.39, 0.29) is 5.91 Å². The first kappa shape index (κ1) is 11.4. The van der Waals surface area contributed by atoms with Crippen LogP contribution in [0.15, 0.2) is 0 Å². The van der Waals surface area contributed by atoms with Crippen LogP contribution in [-0.2, 0) is 9.53 Å². The lowest BCUT2D eigenvalue weighted by Gasteiger charge is -2.04. The van der Waals surface area contributed by atoms with Crippen molar-refractivity contribution in [1.82, 2.24) is 10.6 Å². The molecule has 1 amide bonds. The second kappa shape index (κ2) is 8.49. The molecule has 0 bridgehead atoms. The van der Waals surface area contributed by atoms with Gasteiger partial charge in [-0.3, -0.25) is 4.79 Å². The fraction of sp³-hybridized carbons (Fsp3) is 0.875. The van der Waals surface area contributed by atoms with Crippen molar-refractivity contribution in [2.75, 3.05) is 33.4 Å². The van der Waals surface area contributed by atoms with Gasteiger partial charge in [-0.2, -0.15) is 0 Å². The molecule has 4 heteroatoms. The van der Waals surface area contributed by atoms with E-state index in [1.54, 1.807) is 7.11 Å². The standard InChI is InChI=1S/C8H18N2O2/c1-3-4-10-8(11)7-9-5-6-12-2/h9H,3-7H2,1-2H3,(H,10,11). The van der Waals surface area contributed by atoms with Gasteiger partial charge in [0.15, 0.2) is 0 Å². The number of hydrogen-bond acceptors (Lipinski definition) is 3. The van der Waals surface area contributed by atoms with Crippen LogP contribution in [-0.4, -0.2) is 39.3 Å². The molecule has 0 saturated carbocycles. The van der Waals surface area contributed by atoms with Gasteiger partial charge in [-0.25, -0.2) is 0 Å².